The third kappa shape index (κ3) is 1.98. The standard InChI is InChI=1S/C10H11F5Si/c1-16(2,3)10(14,15)6-4-5-7(11)9(13)8(6)12/h4-5H,1-3H3. The third-order valence-corrected chi connectivity index (χ3v) is 4.47. The molecule has 6 heteroatoms. The lowest BCUT2D eigenvalue weighted by Gasteiger charge is -2.29. The van der Waals surface area contributed by atoms with Gasteiger partial charge in [0.05, 0.1) is 5.56 Å². The Morgan fingerprint density at radius 1 is 0.938 bits per heavy atom. The Kier molecular flexibility index (Phi) is 3.15. The lowest BCUT2D eigenvalue weighted by Crippen LogP contribution is -2.43. The molecule has 0 fully saturated rings. The van der Waals surface area contributed by atoms with Crippen LogP contribution in [0.5, 0.6) is 0 Å². The van der Waals surface area contributed by atoms with E-state index in [0.29, 0.717) is 12.1 Å². The van der Waals surface area contributed by atoms with E-state index in [4.69, 9.17) is 0 Å². The van der Waals surface area contributed by atoms with Crippen LogP contribution in [0.15, 0.2) is 12.1 Å². The Morgan fingerprint density at radius 2 is 1.44 bits per heavy atom. The molecular formula is C10H11F5Si. The second-order valence-corrected chi connectivity index (χ2v) is 9.68. The topological polar surface area (TPSA) is 0 Å². The quantitative estimate of drug-likeness (QED) is 0.424. The molecule has 0 heterocycles. The summed E-state index contributed by atoms with van der Waals surface area (Å²) < 4.78 is 66.2. The molecule has 0 saturated carbocycles. The molecule has 0 bridgehead atoms. The van der Waals surface area contributed by atoms with Gasteiger partial charge in [-0.1, -0.05) is 19.6 Å². The Bertz CT molecular complexity index is 408. The molecule has 0 aliphatic heterocycles. The number of hydrogen-bond donors (Lipinski definition) is 0. The fraction of sp³-hybridized carbons (Fsp3) is 0.400. The highest BCUT2D eigenvalue weighted by molar-refractivity contribution is 6.78. The minimum absolute atomic E-state index is 0.516. The lowest BCUT2D eigenvalue weighted by molar-refractivity contribution is 0.0740. The van der Waals surface area contributed by atoms with Crippen LogP contribution in [0.3, 0.4) is 0 Å². The van der Waals surface area contributed by atoms with Gasteiger partial charge in [0.1, 0.15) is 8.07 Å². The van der Waals surface area contributed by atoms with Crippen LogP contribution < -0.4 is 0 Å². The average Bonchev–Trinajstić information content (AvgIpc) is 2.12. The van der Waals surface area contributed by atoms with E-state index in [0.717, 1.165) is 0 Å². The maximum Gasteiger partial charge on any atom is 0.256 e. The molecule has 0 aliphatic carbocycles. The maximum atomic E-state index is 13.8. The zero-order valence-corrected chi connectivity index (χ0v) is 10.0. The summed E-state index contributed by atoms with van der Waals surface area (Å²) in [5.74, 6) is -5.12. The molecule has 0 saturated heterocycles. The molecule has 0 amide bonds. The van der Waals surface area contributed by atoms with Gasteiger partial charge >= 0.3 is 0 Å². The molecule has 0 radical (unpaired) electrons. The Morgan fingerprint density at radius 3 is 1.88 bits per heavy atom. The van der Waals surface area contributed by atoms with E-state index in [1.54, 1.807) is 0 Å². The predicted octanol–water partition coefficient (Wildman–Crippen LogP) is 4.07. The molecule has 16 heavy (non-hydrogen) atoms. The smallest absolute Gasteiger partial charge is 0.207 e. The maximum absolute atomic E-state index is 13.8. The van der Waals surface area contributed by atoms with E-state index in [9.17, 15) is 22.0 Å². The fourth-order valence-electron chi connectivity index (χ4n) is 1.17. The van der Waals surface area contributed by atoms with Gasteiger partial charge < -0.3 is 0 Å². The van der Waals surface area contributed by atoms with Gasteiger partial charge in [0.15, 0.2) is 17.5 Å². The molecule has 0 N–H and O–H groups in total. The largest absolute Gasteiger partial charge is 0.256 e. The minimum atomic E-state index is -3.44. The van der Waals surface area contributed by atoms with Crippen molar-refractivity contribution in [2.45, 2.75) is 25.2 Å². The van der Waals surface area contributed by atoms with Gasteiger partial charge in [-0.3, -0.25) is 0 Å². The van der Waals surface area contributed by atoms with Crippen molar-refractivity contribution in [3.8, 4) is 0 Å². The Hall–Kier alpha value is -0.913. The molecule has 0 unspecified atom stereocenters. The van der Waals surface area contributed by atoms with Crippen LogP contribution in [-0.4, -0.2) is 8.07 Å². The van der Waals surface area contributed by atoms with Crippen molar-refractivity contribution in [1.29, 1.82) is 0 Å². The highest BCUT2D eigenvalue weighted by atomic mass is 28.3. The van der Waals surface area contributed by atoms with E-state index < -0.39 is 36.6 Å². The first-order valence-electron chi connectivity index (χ1n) is 4.61. The fourth-order valence-corrected chi connectivity index (χ4v) is 2.17. The van der Waals surface area contributed by atoms with Crippen molar-refractivity contribution >= 4 is 8.07 Å². The molecule has 0 spiro atoms. The van der Waals surface area contributed by atoms with Crippen LogP contribution >= 0.6 is 0 Å². The molecule has 0 aliphatic rings. The molecule has 1 aromatic rings. The van der Waals surface area contributed by atoms with Crippen molar-refractivity contribution in [2.24, 2.45) is 0 Å². The zero-order chi connectivity index (χ0) is 12.7. The summed E-state index contributed by atoms with van der Waals surface area (Å²) in [6.45, 7) is 3.98. The molecule has 1 rings (SSSR count). The highest BCUT2D eigenvalue weighted by Gasteiger charge is 2.48. The monoisotopic (exact) mass is 254 g/mol. The van der Waals surface area contributed by atoms with E-state index >= 15 is 0 Å². The summed E-state index contributed by atoms with van der Waals surface area (Å²) in [5, 5.41) is 0. The van der Waals surface area contributed by atoms with E-state index in [1.165, 1.54) is 19.6 Å². The number of alkyl halides is 2. The Balaban J connectivity index is 3.41. The first-order valence-corrected chi connectivity index (χ1v) is 8.11. The van der Waals surface area contributed by atoms with Crippen molar-refractivity contribution in [3.63, 3.8) is 0 Å². The summed E-state index contributed by atoms with van der Waals surface area (Å²) in [6, 6.07) is 1.12. The van der Waals surface area contributed by atoms with E-state index in [1.807, 2.05) is 0 Å². The van der Waals surface area contributed by atoms with Crippen LogP contribution in [0, 0.1) is 17.5 Å². The first kappa shape index (κ1) is 13.2. The van der Waals surface area contributed by atoms with Crippen molar-refractivity contribution in [2.75, 3.05) is 0 Å². The van der Waals surface area contributed by atoms with Crippen LogP contribution in [0.4, 0.5) is 22.0 Å². The van der Waals surface area contributed by atoms with Gasteiger partial charge in [0.2, 0.25) is 0 Å². The van der Waals surface area contributed by atoms with Crippen LogP contribution in [0.25, 0.3) is 0 Å². The van der Waals surface area contributed by atoms with Gasteiger partial charge in [-0.15, -0.1) is 0 Å². The van der Waals surface area contributed by atoms with Crippen molar-refractivity contribution in [3.05, 3.63) is 35.1 Å². The van der Waals surface area contributed by atoms with Crippen LogP contribution in [-0.2, 0) is 5.55 Å². The molecule has 0 nitrogen and oxygen atoms in total. The number of benzene rings is 1. The van der Waals surface area contributed by atoms with Crippen LogP contribution in [0.1, 0.15) is 5.56 Å². The number of rotatable bonds is 2. The van der Waals surface area contributed by atoms with Crippen LogP contribution in [0.2, 0.25) is 19.6 Å². The second-order valence-electron chi connectivity index (χ2n) is 4.55. The first-order chi connectivity index (χ1) is 7.09. The average molecular weight is 254 g/mol. The van der Waals surface area contributed by atoms with Gasteiger partial charge in [-0.05, 0) is 12.1 Å². The summed E-state index contributed by atoms with van der Waals surface area (Å²) >= 11 is 0. The highest BCUT2D eigenvalue weighted by Crippen LogP contribution is 2.39. The van der Waals surface area contributed by atoms with Gasteiger partial charge in [0.25, 0.3) is 5.55 Å². The summed E-state index contributed by atoms with van der Waals surface area (Å²) in [5.41, 5.74) is -4.50. The molecular weight excluding hydrogens is 243 g/mol. The SMILES string of the molecule is C[Si](C)(C)C(F)(F)c1ccc(F)c(F)c1F. The predicted molar refractivity (Wildman–Crippen MR) is 53.6 cm³/mol. The molecule has 1 aromatic carbocycles. The van der Waals surface area contributed by atoms with Gasteiger partial charge in [-0.25, -0.2) is 22.0 Å². The summed E-state index contributed by atoms with van der Waals surface area (Å²) in [6.07, 6.45) is 0. The number of halogens is 5. The molecule has 0 atom stereocenters. The normalized spacial score (nSPS) is 13.0. The minimum Gasteiger partial charge on any atom is -0.207 e. The van der Waals surface area contributed by atoms with Gasteiger partial charge in [-0.2, -0.15) is 0 Å². The zero-order valence-electron chi connectivity index (χ0n) is 9.04. The third-order valence-electron chi connectivity index (χ3n) is 2.32. The Labute approximate surface area is 91.1 Å². The lowest BCUT2D eigenvalue weighted by atomic mass is 10.2. The van der Waals surface area contributed by atoms with Crippen molar-refractivity contribution < 1.29 is 22.0 Å². The van der Waals surface area contributed by atoms with E-state index in [2.05, 4.69) is 0 Å². The van der Waals surface area contributed by atoms with E-state index in [-0.39, 0.29) is 0 Å². The summed E-state index contributed by atoms with van der Waals surface area (Å²) in [4.78, 5) is 0. The summed E-state index contributed by atoms with van der Waals surface area (Å²) in [7, 11) is -3.06. The molecule has 0 aromatic heterocycles. The molecule has 90 valence electrons. The van der Waals surface area contributed by atoms with Gasteiger partial charge in [0, 0.05) is 0 Å². The van der Waals surface area contributed by atoms with Crippen molar-refractivity contribution in [1.82, 2.24) is 0 Å². The second kappa shape index (κ2) is 3.83. The number of hydrogen-bond acceptors (Lipinski definition) is 0.